The van der Waals surface area contributed by atoms with Gasteiger partial charge in [-0.25, -0.2) is 0 Å². The summed E-state index contributed by atoms with van der Waals surface area (Å²) in [6.45, 7) is 1.75. The van der Waals surface area contributed by atoms with Crippen molar-refractivity contribution in [1.82, 2.24) is 16.2 Å². The third-order valence-corrected chi connectivity index (χ3v) is 4.09. The molecule has 1 heterocycles. The Morgan fingerprint density at radius 3 is 2.36 bits per heavy atom. The summed E-state index contributed by atoms with van der Waals surface area (Å²) < 4.78 is 0. The molecule has 0 radical (unpaired) electrons. The molecule has 0 aliphatic heterocycles. The van der Waals surface area contributed by atoms with Crippen LogP contribution >= 0.6 is 23.6 Å². The lowest BCUT2D eigenvalue weighted by Gasteiger charge is -2.10. The number of carbonyl (C=O) groups excluding carboxylic acids is 3. The van der Waals surface area contributed by atoms with Gasteiger partial charge in [0.2, 0.25) is 5.91 Å². The Labute approximate surface area is 153 Å². The van der Waals surface area contributed by atoms with Crippen molar-refractivity contribution >= 4 is 52.1 Å². The number of thiocarbonyl (C=S) groups is 1. The number of carbonyl (C=O) groups is 3. The van der Waals surface area contributed by atoms with Crippen molar-refractivity contribution in [2.45, 2.75) is 13.3 Å². The molecule has 0 aliphatic rings. The van der Waals surface area contributed by atoms with Crippen LogP contribution in [0.4, 0.5) is 5.69 Å². The number of amides is 3. The summed E-state index contributed by atoms with van der Waals surface area (Å²) in [6, 6.07) is 9.80. The fourth-order valence-corrected chi connectivity index (χ4v) is 2.51. The normalized spacial score (nSPS) is 9.80. The maximum Gasteiger partial charge on any atom is 0.269 e. The van der Waals surface area contributed by atoms with Crippen molar-refractivity contribution in [3.63, 3.8) is 0 Å². The van der Waals surface area contributed by atoms with Gasteiger partial charge in [-0.1, -0.05) is 13.0 Å². The second-order valence-electron chi connectivity index (χ2n) is 4.82. The average Bonchev–Trinajstić information content (AvgIpc) is 3.15. The van der Waals surface area contributed by atoms with Crippen LogP contribution in [0, 0.1) is 0 Å². The predicted octanol–water partition coefficient (Wildman–Crippen LogP) is 2.05. The van der Waals surface area contributed by atoms with E-state index in [9.17, 15) is 14.4 Å². The first kappa shape index (κ1) is 18.6. The van der Waals surface area contributed by atoms with E-state index in [4.69, 9.17) is 12.2 Å². The van der Waals surface area contributed by atoms with Crippen molar-refractivity contribution in [3.05, 3.63) is 52.2 Å². The van der Waals surface area contributed by atoms with E-state index >= 15 is 0 Å². The topological polar surface area (TPSA) is 99.3 Å². The summed E-state index contributed by atoms with van der Waals surface area (Å²) in [5.74, 6) is -0.885. The summed E-state index contributed by atoms with van der Waals surface area (Å²) in [6.07, 6.45) is 0.376. The zero-order valence-corrected chi connectivity index (χ0v) is 14.9. The summed E-state index contributed by atoms with van der Waals surface area (Å²) in [7, 11) is 0. The third kappa shape index (κ3) is 5.66. The van der Waals surface area contributed by atoms with Crippen LogP contribution in [0.25, 0.3) is 0 Å². The minimum atomic E-state index is -0.430. The smallest absolute Gasteiger partial charge is 0.269 e. The molecule has 1 aromatic carbocycles. The Morgan fingerprint density at radius 1 is 1.04 bits per heavy atom. The van der Waals surface area contributed by atoms with Crippen LogP contribution < -0.4 is 21.5 Å². The zero-order chi connectivity index (χ0) is 18.2. The van der Waals surface area contributed by atoms with E-state index in [1.54, 1.807) is 48.7 Å². The predicted molar refractivity (Wildman–Crippen MR) is 100 cm³/mol. The Bertz CT molecular complexity index is 773. The van der Waals surface area contributed by atoms with Gasteiger partial charge in [-0.2, -0.15) is 0 Å². The van der Waals surface area contributed by atoms with Crippen LogP contribution in [0.3, 0.4) is 0 Å². The van der Waals surface area contributed by atoms with Gasteiger partial charge < -0.3 is 5.32 Å². The van der Waals surface area contributed by atoms with Crippen LogP contribution in [0.15, 0.2) is 41.8 Å². The number of hydrazine groups is 1. The molecule has 0 atom stereocenters. The standard InChI is InChI=1S/C16H16N4O3S2/c1-2-13(21)17-11-7-5-10(6-8-11)14(22)19-20-16(24)18-15(23)12-4-3-9-25-12/h3-9H,2H2,1H3,(H,17,21)(H,19,22)(H2,18,20,23,24). The fourth-order valence-electron chi connectivity index (χ4n) is 1.74. The Morgan fingerprint density at radius 2 is 1.76 bits per heavy atom. The molecular formula is C16H16N4O3S2. The van der Waals surface area contributed by atoms with E-state index in [1.165, 1.54) is 11.3 Å². The maximum atomic E-state index is 12.0. The third-order valence-electron chi connectivity index (χ3n) is 3.01. The highest BCUT2D eigenvalue weighted by atomic mass is 32.1. The molecule has 0 saturated carbocycles. The molecule has 25 heavy (non-hydrogen) atoms. The SMILES string of the molecule is CCC(=O)Nc1ccc(C(=O)NNC(=S)NC(=O)c2cccs2)cc1. The van der Waals surface area contributed by atoms with Gasteiger partial charge in [0, 0.05) is 17.7 Å². The molecule has 2 rings (SSSR count). The van der Waals surface area contributed by atoms with Crippen LogP contribution in [-0.2, 0) is 4.79 Å². The monoisotopic (exact) mass is 376 g/mol. The quantitative estimate of drug-likeness (QED) is 0.483. The van der Waals surface area contributed by atoms with Gasteiger partial charge in [0.25, 0.3) is 11.8 Å². The Balaban J connectivity index is 1.82. The van der Waals surface area contributed by atoms with Crippen molar-refractivity contribution in [2.24, 2.45) is 0 Å². The molecule has 0 unspecified atom stereocenters. The fraction of sp³-hybridized carbons (Fsp3) is 0.125. The van der Waals surface area contributed by atoms with Crippen LogP contribution in [0.1, 0.15) is 33.4 Å². The minimum absolute atomic E-state index is 0.0152. The van der Waals surface area contributed by atoms with Crippen molar-refractivity contribution in [1.29, 1.82) is 0 Å². The van der Waals surface area contributed by atoms with Crippen LogP contribution in [0.5, 0.6) is 0 Å². The summed E-state index contributed by atoms with van der Waals surface area (Å²) in [5, 5.41) is 6.91. The highest BCUT2D eigenvalue weighted by Gasteiger charge is 2.10. The molecule has 1 aromatic heterocycles. The number of hydrogen-bond donors (Lipinski definition) is 4. The number of hydrogen-bond acceptors (Lipinski definition) is 5. The van der Waals surface area contributed by atoms with Crippen LogP contribution in [0.2, 0.25) is 0 Å². The second kappa shape index (κ2) is 8.90. The van der Waals surface area contributed by atoms with E-state index < -0.39 is 5.91 Å². The van der Waals surface area contributed by atoms with Gasteiger partial charge >= 0.3 is 0 Å². The lowest BCUT2D eigenvalue weighted by Crippen LogP contribution is -2.48. The maximum absolute atomic E-state index is 12.0. The molecule has 9 heteroatoms. The van der Waals surface area contributed by atoms with E-state index in [0.29, 0.717) is 22.5 Å². The van der Waals surface area contributed by atoms with Crippen molar-refractivity contribution < 1.29 is 14.4 Å². The number of benzene rings is 1. The number of rotatable bonds is 4. The lowest BCUT2D eigenvalue weighted by molar-refractivity contribution is -0.115. The molecule has 2 aromatic rings. The summed E-state index contributed by atoms with van der Waals surface area (Å²) in [5.41, 5.74) is 5.83. The van der Waals surface area contributed by atoms with Gasteiger partial charge in [0.05, 0.1) is 4.88 Å². The molecule has 7 nitrogen and oxygen atoms in total. The molecule has 0 fully saturated rings. The first-order valence-corrected chi connectivity index (χ1v) is 8.63. The van der Waals surface area contributed by atoms with Gasteiger partial charge in [-0.3, -0.25) is 30.6 Å². The van der Waals surface area contributed by atoms with E-state index in [2.05, 4.69) is 21.5 Å². The largest absolute Gasteiger partial charge is 0.326 e. The summed E-state index contributed by atoms with van der Waals surface area (Å²) in [4.78, 5) is 35.6. The average molecular weight is 376 g/mol. The molecule has 4 N–H and O–H groups in total. The molecule has 130 valence electrons. The second-order valence-corrected chi connectivity index (χ2v) is 6.17. The molecule has 0 spiro atoms. The van der Waals surface area contributed by atoms with E-state index in [1.807, 2.05) is 0 Å². The van der Waals surface area contributed by atoms with Gasteiger partial charge in [-0.05, 0) is 47.9 Å². The zero-order valence-electron chi connectivity index (χ0n) is 13.3. The van der Waals surface area contributed by atoms with Gasteiger partial charge in [-0.15, -0.1) is 11.3 Å². The van der Waals surface area contributed by atoms with Crippen molar-refractivity contribution in [2.75, 3.05) is 5.32 Å². The first-order valence-electron chi connectivity index (χ1n) is 7.34. The summed E-state index contributed by atoms with van der Waals surface area (Å²) >= 11 is 6.24. The molecule has 0 aliphatic carbocycles. The molecule has 0 bridgehead atoms. The van der Waals surface area contributed by atoms with Gasteiger partial charge in [0.15, 0.2) is 5.11 Å². The number of thiophene rings is 1. The van der Waals surface area contributed by atoms with Crippen molar-refractivity contribution in [3.8, 4) is 0 Å². The van der Waals surface area contributed by atoms with E-state index in [-0.39, 0.29) is 16.9 Å². The number of anilines is 1. The van der Waals surface area contributed by atoms with Gasteiger partial charge in [0.1, 0.15) is 0 Å². The lowest BCUT2D eigenvalue weighted by atomic mass is 10.2. The Hall–Kier alpha value is -2.78. The highest BCUT2D eigenvalue weighted by molar-refractivity contribution is 7.80. The first-order chi connectivity index (χ1) is 12.0. The Kier molecular flexibility index (Phi) is 6.61. The number of nitrogens with one attached hydrogen (secondary N) is 4. The molecule has 0 saturated heterocycles. The molecular weight excluding hydrogens is 360 g/mol. The van der Waals surface area contributed by atoms with E-state index in [0.717, 1.165) is 0 Å². The highest BCUT2D eigenvalue weighted by Crippen LogP contribution is 2.10. The minimum Gasteiger partial charge on any atom is -0.326 e. The molecule has 3 amide bonds. The van der Waals surface area contributed by atoms with Crippen LogP contribution in [-0.4, -0.2) is 22.8 Å².